The molecule has 0 bridgehead atoms. The molecule has 1 amide bonds. The third kappa shape index (κ3) is 4.27. The first-order valence-corrected chi connectivity index (χ1v) is 11.2. The zero-order valence-corrected chi connectivity index (χ0v) is 19.6. The summed E-state index contributed by atoms with van der Waals surface area (Å²) in [7, 11) is 0. The molecule has 0 spiro atoms. The fraction of sp³-hybridized carbons (Fsp3) is 0.478. The van der Waals surface area contributed by atoms with E-state index >= 15 is 0 Å². The number of halogens is 2. The summed E-state index contributed by atoms with van der Waals surface area (Å²) in [6.45, 7) is 7.08. The fourth-order valence-corrected chi connectivity index (χ4v) is 4.13. The van der Waals surface area contributed by atoms with Crippen molar-refractivity contribution in [1.82, 2.24) is 24.7 Å². The van der Waals surface area contributed by atoms with Crippen LogP contribution in [0.4, 0.5) is 20.4 Å². The molecule has 0 saturated carbocycles. The van der Waals surface area contributed by atoms with Gasteiger partial charge in [0.25, 0.3) is 0 Å². The van der Waals surface area contributed by atoms with Crippen molar-refractivity contribution in [3.63, 3.8) is 0 Å². The number of hydrogen-bond acceptors (Lipinski definition) is 7. The summed E-state index contributed by atoms with van der Waals surface area (Å²) in [4.78, 5) is 26.0. The van der Waals surface area contributed by atoms with Gasteiger partial charge in [0.05, 0.1) is 22.4 Å². The highest BCUT2D eigenvalue weighted by molar-refractivity contribution is 5.95. The number of aromatic nitrogens is 5. The summed E-state index contributed by atoms with van der Waals surface area (Å²) in [6, 6.07) is 5.70. The maximum Gasteiger partial charge on any atom is 0.303 e. The molecule has 1 unspecified atom stereocenters. The van der Waals surface area contributed by atoms with Crippen molar-refractivity contribution < 1.29 is 13.6 Å². The van der Waals surface area contributed by atoms with Gasteiger partial charge in [-0.1, -0.05) is 13.8 Å². The smallest absolute Gasteiger partial charge is 0.303 e. The topological polar surface area (TPSA) is 113 Å². The number of rotatable bonds is 6. The van der Waals surface area contributed by atoms with Crippen molar-refractivity contribution in [3.8, 4) is 11.9 Å². The molecule has 4 heterocycles. The number of carbonyl (C=O) groups is 1. The number of nitriles is 1. The number of carbonyl (C=O) groups excluding carboxylic acids is 1. The molecule has 0 aromatic carbocycles. The lowest BCUT2D eigenvalue weighted by Gasteiger charge is -2.20. The highest BCUT2D eigenvalue weighted by Crippen LogP contribution is 2.38. The van der Waals surface area contributed by atoms with Gasteiger partial charge in [-0.05, 0) is 19.3 Å². The molecule has 3 aromatic rings. The zero-order chi connectivity index (χ0) is 24.7. The van der Waals surface area contributed by atoms with Crippen LogP contribution in [0.5, 0.6) is 0 Å². The lowest BCUT2D eigenvalue weighted by molar-refractivity contribution is -0.114. The van der Waals surface area contributed by atoms with E-state index in [9.17, 15) is 18.8 Å². The van der Waals surface area contributed by atoms with E-state index in [-0.39, 0.29) is 11.7 Å². The molecular formula is C23H26F2N8O. The van der Waals surface area contributed by atoms with Crippen LogP contribution < -0.4 is 10.2 Å². The van der Waals surface area contributed by atoms with Crippen molar-refractivity contribution in [2.75, 3.05) is 23.3 Å². The zero-order valence-electron chi connectivity index (χ0n) is 19.6. The molecule has 34 heavy (non-hydrogen) atoms. The van der Waals surface area contributed by atoms with E-state index in [4.69, 9.17) is 5.10 Å². The van der Waals surface area contributed by atoms with Gasteiger partial charge in [0.2, 0.25) is 11.7 Å². The highest BCUT2D eigenvalue weighted by Gasteiger charge is 2.38. The van der Waals surface area contributed by atoms with Gasteiger partial charge in [0.15, 0.2) is 11.6 Å². The molecule has 0 radical (unpaired) electrons. The van der Waals surface area contributed by atoms with E-state index in [1.807, 2.05) is 18.7 Å². The Balaban J connectivity index is 1.92. The predicted octanol–water partition coefficient (Wildman–Crippen LogP) is 3.97. The second-order valence-electron chi connectivity index (χ2n) is 8.70. The second kappa shape index (κ2) is 8.59. The molecule has 1 N–H and O–H groups in total. The molecule has 178 valence electrons. The largest absolute Gasteiger partial charge is 0.353 e. The molecule has 9 nitrogen and oxygen atoms in total. The summed E-state index contributed by atoms with van der Waals surface area (Å²) in [5.74, 6) is -3.01. The van der Waals surface area contributed by atoms with Crippen molar-refractivity contribution in [2.24, 2.45) is 5.41 Å². The van der Waals surface area contributed by atoms with Crippen LogP contribution in [0.1, 0.15) is 52.1 Å². The van der Waals surface area contributed by atoms with Crippen LogP contribution in [-0.2, 0) is 17.1 Å². The third-order valence-electron chi connectivity index (χ3n) is 6.15. The number of anilines is 2. The number of amides is 1. The standard InChI is InChI=1S/C23H26F2N8O/c1-5-15-9-19(30-21(29-15)22(4,24)25)33-17-10-18(28-14(3)34)27-11-16(17)20(31-33)32-8-7-23(6-2,12-26)13-32/h9-11H,5-8,13H2,1-4H3,(H,27,28,34). The lowest BCUT2D eigenvalue weighted by Crippen LogP contribution is -2.26. The Kier molecular flexibility index (Phi) is 5.93. The number of alkyl halides is 2. The van der Waals surface area contributed by atoms with Crippen molar-refractivity contribution in [1.29, 1.82) is 5.26 Å². The first-order valence-electron chi connectivity index (χ1n) is 11.2. The molecule has 0 aliphatic carbocycles. The van der Waals surface area contributed by atoms with E-state index in [1.165, 1.54) is 11.6 Å². The maximum atomic E-state index is 14.2. The van der Waals surface area contributed by atoms with Gasteiger partial charge in [0.1, 0.15) is 5.82 Å². The predicted molar refractivity (Wildman–Crippen MR) is 123 cm³/mol. The Labute approximate surface area is 195 Å². The summed E-state index contributed by atoms with van der Waals surface area (Å²) < 4.78 is 29.8. The van der Waals surface area contributed by atoms with Gasteiger partial charge in [-0.15, -0.1) is 5.10 Å². The van der Waals surface area contributed by atoms with Crippen LogP contribution in [0.2, 0.25) is 0 Å². The highest BCUT2D eigenvalue weighted by atomic mass is 19.3. The summed E-state index contributed by atoms with van der Waals surface area (Å²) in [5, 5.41) is 17.8. The van der Waals surface area contributed by atoms with Gasteiger partial charge in [0, 0.05) is 51.0 Å². The van der Waals surface area contributed by atoms with E-state index in [2.05, 4.69) is 26.3 Å². The lowest BCUT2D eigenvalue weighted by atomic mass is 9.86. The number of pyridine rings is 1. The van der Waals surface area contributed by atoms with Gasteiger partial charge in [-0.2, -0.15) is 14.0 Å². The number of hydrogen-bond donors (Lipinski definition) is 1. The monoisotopic (exact) mass is 468 g/mol. The van der Waals surface area contributed by atoms with Crippen LogP contribution >= 0.6 is 0 Å². The Bertz CT molecular complexity index is 1290. The molecule has 1 saturated heterocycles. The first kappa shape index (κ1) is 23.5. The molecule has 3 aromatic heterocycles. The number of nitrogens with one attached hydrogen (secondary N) is 1. The van der Waals surface area contributed by atoms with E-state index in [0.717, 1.165) is 6.92 Å². The minimum Gasteiger partial charge on any atom is -0.353 e. The maximum absolute atomic E-state index is 14.2. The average molecular weight is 469 g/mol. The van der Waals surface area contributed by atoms with Crippen LogP contribution in [0.3, 0.4) is 0 Å². The van der Waals surface area contributed by atoms with Crippen molar-refractivity contribution in [3.05, 3.63) is 29.8 Å². The molecular weight excluding hydrogens is 442 g/mol. The summed E-state index contributed by atoms with van der Waals surface area (Å²) in [5.41, 5.74) is 0.533. The average Bonchev–Trinajstić information content (AvgIpc) is 3.39. The van der Waals surface area contributed by atoms with E-state index in [0.29, 0.717) is 60.6 Å². The number of aryl methyl sites for hydroxylation is 1. The van der Waals surface area contributed by atoms with Gasteiger partial charge >= 0.3 is 5.92 Å². The van der Waals surface area contributed by atoms with E-state index < -0.39 is 17.2 Å². The molecule has 1 aliphatic rings. The Morgan fingerprint density at radius 1 is 1.32 bits per heavy atom. The first-order chi connectivity index (χ1) is 16.1. The normalized spacial score (nSPS) is 18.3. The number of nitrogens with zero attached hydrogens (tertiary/aromatic N) is 7. The molecule has 1 aliphatic heterocycles. The van der Waals surface area contributed by atoms with Gasteiger partial charge < -0.3 is 10.2 Å². The minimum atomic E-state index is -3.23. The van der Waals surface area contributed by atoms with Crippen molar-refractivity contribution >= 4 is 28.4 Å². The fourth-order valence-electron chi connectivity index (χ4n) is 4.13. The van der Waals surface area contributed by atoms with Crippen molar-refractivity contribution in [2.45, 2.75) is 52.9 Å². The second-order valence-corrected chi connectivity index (χ2v) is 8.70. The Morgan fingerprint density at radius 3 is 2.68 bits per heavy atom. The summed E-state index contributed by atoms with van der Waals surface area (Å²) >= 11 is 0. The molecule has 11 heteroatoms. The SMILES string of the molecule is CCc1cc(-n2nc(N3CCC(C#N)(CC)C3)c3cnc(NC(C)=O)cc32)nc(C(C)(F)F)n1. The molecule has 4 rings (SSSR count). The molecule has 1 atom stereocenters. The van der Waals surface area contributed by atoms with E-state index in [1.54, 1.807) is 18.3 Å². The minimum absolute atomic E-state index is 0.195. The number of fused-ring (bicyclic) bond motifs is 1. The van der Waals surface area contributed by atoms with Crippen LogP contribution in [0.25, 0.3) is 16.7 Å². The van der Waals surface area contributed by atoms with Gasteiger partial charge in [-0.3, -0.25) is 4.79 Å². The molecule has 1 fully saturated rings. The summed E-state index contributed by atoms with van der Waals surface area (Å²) in [6.07, 6.45) is 3.45. The Morgan fingerprint density at radius 2 is 2.09 bits per heavy atom. The third-order valence-corrected chi connectivity index (χ3v) is 6.15. The van der Waals surface area contributed by atoms with Crippen LogP contribution in [0.15, 0.2) is 18.3 Å². The van der Waals surface area contributed by atoms with Crippen LogP contribution in [0, 0.1) is 16.7 Å². The van der Waals surface area contributed by atoms with Crippen LogP contribution in [-0.4, -0.2) is 43.7 Å². The van der Waals surface area contributed by atoms with Gasteiger partial charge in [-0.25, -0.2) is 19.6 Å². The quantitative estimate of drug-likeness (QED) is 0.582. The Hall–Kier alpha value is -3.68.